The third kappa shape index (κ3) is 4.49. The summed E-state index contributed by atoms with van der Waals surface area (Å²) < 4.78 is 0. The van der Waals surface area contributed by atoms with E-state index >= 15 is 0 Å². The Balaban J connectivity index is 2.51. The van der Waals surface area contributed by atoms with Crippen molar-refractivity contribution in [1.82, 2.24) is 5.32 Å². The van der Waals surface area contributed by atoms with E-state index in [1.54, 1.807) is 0 Å². The zero-order valence-electron chi connectivity index (χ0n) is 11.6. The monoisotopic (exact) mass is 248 g/mol. The summed E-state index contributed by atoms with van der Waals surface area (Å²) in [5.74, 6) is -0.0588. The maximum absolute atomic E-state index is 11.9. The number of nitrogens with one attached hydrogen (secondary N) is 1. The number of nitrogens with two attached hydrogens (primary N) is 1. The molecule has 0 fully saturated rings. The van der Waals surface area contributed by atoms with Gasteiger partial charge in [0, 0.05) is 0 Å². The lowest BCUT2D eigenvalue weighted by Crippen LogP contribution is -2.41. The Kier molecular flexibility index (Phi) is 5.86. The Morgan fingerprint density at radius 3 is 2.50 bits per heavy atom. The van der Waals surface area contributed by atoms with Crippen LogP contribution in [0.5, 0.6) is 0 Å². The van der Waals surface area contributed by atoms with Gasteiger partial charge in [-0.25, -0.2) is 0 Å². The van der Waals surface area contributed by atoms with Crippen molar-refractivity contribution in [3.63, 3.8) is 0 Å². The molecule has 3 nitrogen and oxygen atoms in total. The first-order valence-corrected chi connectivity index (χ1v) is 6.67. The van der Waals surface area contributed by atoms with Gasteiger partial charge >= 0.3 is 0 Å². The SMILES string of the molecule is CCCCC(N)C(=O)N[C@H](C)c1ccc(C)cc1. The first kappa shape index (κ1) is 14.7. The molecular formula is C15H24N2O. The molecule has 100 valence electrons. The molecule has 0 aromatic heterocycles. The van der Waals surface area contributed by atoms with Crippen LogP contribution >= 0.6 is 0 Å². The van der Waals surface area contributed by atoms with Crippen molar-refractivity contribution >= 4 is 5.91 Å². The average molecular weight is 248 g/mol. The Morgan fingerprint density at radius 1 is 1.33 bits per heavy atom. The fourth-order valence-electron chi connectivity index (χ4n) is 1.81. The molecule has 0 saturated heterocycles. The van der Waals surface area contributed by atoms with Crippen molar-refractivity contribution in [2.45, 2.75) is 52.1 Å². The van der Waals surface area contributed by atoms with Gasteiger partial charge in [-0.1, -0.05) is 49.6 Å². The molecule has 0 aliphatic carbocycles. The molecule has 1 aromatic carbocycles. The third-order valence-electron chi connectivity index (χ3n) is 3.14. The van der Waals surface area contributed by atoms with Gasteiger partial charge in [0.25, 0.3) is 0 Å². The molecule has 1 unspecified atom stereocenters. The molecule has 1 amide bonds. The molecule has 0 spiro atoms. The lowest BCUT2D eigenvalue weighted by Gasteiger charge is -2.18. The van der Waals surface area contributed by atoms with Gasteiger partial charge in [0.2, 0.25) is 5.91 Å². The van der Waals surface area contributed by atoms with E-state index in [1.165, 1.54) is 5.56 Å². The van der Waals surface area contributed by atoms with Crippen LogP contribution in [0.25, 0.3) is 0 Å². The van der Waals surface area contributed by atoms with E-state index in [0.29, 0.717) is 0 Å². The van der Waals surface area contributed by atoms with Gasteiger partial charge in [-0.05, 0) is 25.8 Å². The van der Waals surface area contributed by atoms with Gasteiger partial charge in [0.1, 0.15) is 0 Å². The summed E-state index contributed by atoms with van der Waals surface area (Å²) in [5, 5.41) is 2.96. The van der Waals surface area contributed by atoms with Crippen LogP contribution in [-0.2, 0) is 4.79 Å². The van der Waals surface area contributed by atoms with Crippen LogP contribution in [0.1, 0.15) is 50.3 Å². The van der Waals surface area contributed by atoms with Crippen LogP contribution in [0.4, 0.5) is 0 Å². The van der Waals surface area contributed by atoms with E-state index in [1.807, 2.05) is 26.0 Å². The fraction of sp³-hybridized carbons (Fsp3) is 0.533. The van der Waals surface area contributed by atoms with Crippen molar-refractivity contribution in [2.24, 2.45) is 5.73 Å². The Hall–Kier alpha value is -1.35. The molecular weight excluding hydrogens is 224 g/mol. The molecule has 2 atom stereocenters. The van der Waals surface area contributed by atoms with Crippen LogP contribution in [0.15, 0.2) is 24.3 Å². The third-order valence-corrected chi connectivity index (χ3v) is 3.14. The minimum absolute atomic E-state index is 0.00535. The van der Waals surface area contributed by atoms with Crippen LogP contribution < -0.4 is 11.1 Å². The second kappa shape index (κ2) is 7.17. The van der Waals surface area contributed by atoms with Gasteiger partial charge in [0.15, 0.2) is 0 Å². The van der Waals surface area contributed by atoms with Crippen molar-refractivity contribution in [2.75, 3.05) is 0 Å². The summed E-state index contributed by atoms with van der Waals surface area (Å²) in [4.78, 5) is 11.9. The highest BCUT2D eigenvalue weighted by atomic mass is 16.2. The predicted octanol–water partition coefficient (Wildman–Crippen LogP) is 2.69. The zero-order chi connectivity index (χ0) is 13.5. The van der Waals surface area contributed by atoms with Gasteiger partial charge < -0.3 is 11.1 Å². The smallest absolute Gasteiger partial charge is 0.237 e. The molecule has 0 heterocycles. The molecule has 0 bridgehead atoms. The molecule has 0 aliphatic heterocycles. The number of carbonyl (C=O) groups excluding carboxylic acids is 1. The lowest BCUT2D eigenvalue weighted by atomic mass is 10.1. The quantitative estimate of drug-likeness (QED) is 0.813. The second-order valence-electron chi connectivity index (χ2n) is 4.89. The number of benzene rings is 1. The summed E-state index contributed by atoms with van der Waals surface area (Å²) in [5.41, 5.74) is 8.17. The Labute approximate surface area is 110 Å². The van der Waals surface area contributed by atoms with Crippen LogP contribution in [0, 0.1) is 6.92 Å². The maximum atomic E-state index is 11.9. The zero-order valence-corrected chi connectivity index (χ0v) is 11.6. The van der Waals surface area contributed by atoms with Crippen LogP contribution in [0.3, 0.4) is 0 Å². The number of amides is 1. The normalized spacial score (nSPS) is 14.0. The van der Waals surface area contributed by atoms with Crippen LogP contribution in [0.2, 0.25) is 0 Å². The molecule has 18 heavy (non-hydrogen) atoms. The largest absolute Gasteiger partial charge is 0.348 e. The molecule has 3 N–H and O–H groups in total. The summed E-state index contributed by atoms with van der Waals surface area (Å²) in [6, 6.07) is 7.79. The van der Waals surface area contributed by atoms with E-state index in [9.17, 15) is 4.79 Å². The predicted molar refractivity (Wildman–Crippen MR) is 75.2 cm³/mol. The summed E-state index contributed by atoms with van der Waals surface area (Å²) >= 11 is 0. The van der Waals surface area contributed by atoms with Crippen LogP contribution in [-0.4, -0.2) is 11.9 Å². The molecule has 0 radical (unpaired) electrons. The number of hydrogen-bond acceptors (Lipinski definition) is 2. The van der Waals surface area contributed by atoms with Gasteiger partial charge in [0.05, 0.1) is 12.1 Å². The fourth-order valence-corrected chi connectivity index (χ4v) is 1.81. The second-order valence-corrected chi connectivity index (χ2v) is 4.89. The van der Waals surface area contributed by atoms with Gasteiger partial charge in [-0.2, -0.15) is 0 Å². The van der Waals surface area contributed by atoms with E-state index in [0.717, 1.165) is 24.8 Å². The highest BCUT2D eigenvalue weighted by Crippen LogP contribution is 2.13. The van der Waals surface area contributed by atoms with Crippen molar-refractivity contribution < 1.29 is 4.79 Å². The van der Waals surface area contributed by atoms with Crippen molar-refractivity contribution in [3.8, 4) is 0 Å². The van der Waals surface area contributed by atoms with E-state index in [-0.39, 0.29) is 11.9 Å². The Bertz CT molecular complexity index is 373. The van der Waals surface area contributed by atoms with E-state index in [2.05, 4.69) is 24.4 Å². The van der Waals surface area contributed by atoms with Crippen molar-refractivity contribution in [3.05, 3.63) is 35.4 Å². The number of hydrogen-bond donors (Lipinski definition) is 2. The molecule has 0 aliphatic rings. The summed E-state index contributed by atoms with van der Waals surface area (Å²) in [6.07, 6.45) is 2.81. The Morgan fingerprint density at radius 2 is 1.94 bits per heavy atom. The number of aryl methyl sites for hydroxylation is 1. The standard InChI is InChI=1S/C15H24N2O/c1-4-5-6-14(16)15(18)17-12(3)13-9-7-11(2)8-10-13/h7-10,12,14H,4-6,16H2,1-3H3,(H,17,18)/t12-,14?/m1/s1. The highest BCUT2D eigenvalue weighted by Gasteiger charge is 2.15. The average Bonchev–Trinajstić information content (AvgIpc) is 2.36. The minimum Gasteiger partial charge on any atom is -0.348 e. The van der Waals surface area contributed by atoms with Gasteiger partial charge in [-0.15, -0.1) is 0 Å². The maximum Gasteiger partial charge on any atom is 0.237 e. The first-order chi connectivity index (χ1) is 8.54. The number of unbranched alkanes of at least 4 members (excludes halogenated alkanes) is 1. The lowest BCUT2D eigenvalue weighted by molar-refractivity contribution is -0.123. The molecule has 1 rings (SSSR count). The molecule has 3 heteroatoms. The molecule has 1 aromatic rings. The first-order valence-electron chi connectivity index (χ1n) is 6.67. The summed E-state index contributed by atoms with van der Waals surface area (Å²) in [6.45, 7) is 6.13. The topological polar surface area (TPSA) is 55.1 Å². The van der Waals surface area contributed by atoms with E-state index in [4.69, 9.17) is 5.73 Å². The van der Waals surface area contributed by atoms with Crippen molar-refractivity contribution in [1.29, 1.82) is 0 Å². The highest BCUT2D eigenvalue weighted by molar-refractivity contribution is 5.81. The minimum atomic E-state index is -0.391. The van der Waals surface area contributed by atoms with Gasteiger partial charge in [-0.3, -0.25) is 4.79 Å². The van der Waals surface area contributed by atoms with E-state index < -0.39 is 6.04 Å². The molecule has 0 saturated carbocycles. The number of rotatable bonds is 6. The number of carbonyl (C=O) groups is 1. The summed E-state index contributed by atoms with van der Waals surface area (Å²) in [7, 11) is 0.